The minimum atomic E-state index is -0.472. The molecule has 0 bridgehead atoms. The minimum absolute atomic E-state index is 0.130. The maximum absolute atomic E-state index is 12.7. The van der Waals surface area contributed by atoms with Gasteiger partial charge in [-0.2, -0.15) is 0 Å². The van der Waals surface area contributed by atoms with E-state index in [0.717, 1.165) is 0 Å². The molecule has 114 valence electrons. The molecular formula is C19H15NO3. The first-order valence-electron chi connectivity index (χ1n) is 7.20. The Morgan fingerprint density at radius 2 is 1.83 bits per heavy atom. The van der Waals surface area contributed by atoms with Crippen LogP contribution in [0.4, 0.5) is 0 Å². The van der Waals surface area contributed by atoms with Crippen LogP contribution >= 0.6 is 0 Å². The molecule has 0 aliphatic rings. The topological polar surface area (TPSA) is 47.8 Å². The number of aromatic nitrogens is 1. The van der Waals surface area contributed by atoms with Gasteiger partial charge < -0.3 is 9.14 Å². The predicted molar refractivity (Wildman–Crippen MR) is 87.8 cm³/mol. The molecule has 1 aromatic carbocycles. The van der Waals surface area contributed by atoms with Crippen molar-refractivity contribution in [2.45, 2.75) is 0 Å². The summed E-state index contributed by atoms with van der Waals surface area (Å²) in [5, 5.41) is 0. The van der Waals surface area contributed by atoms with Crippen molar-refractivity contribution in [2.75, 3.05) is 6.61 Å². The Bertz CT molecular complexity index is 878. The molecule has 3 aromatic rings. The van der Waals surface area contributed by atoms with Gasteiger partial charge >= 0.3 is 5.97 Å². The molecule has 4 heteroatoms. The highest BCUT2D eigenvalue weighted by molar-refractivity contribution is 6.11. The predicted octanol–water partition coefficient (Wildman–Crippen LogP) is 3.51. The van der Waals surface area contributed by atoms with Crippen molar-refractivity contribution < 1.29 is 14.3 Å². The summed E-state index contributed by atoms with van der Waals surface area (Å²) in [6.45, 7) is 3.66. The van der Waals surface area contributed by atoms with Crippen molar-refractivity contribution in [2.24, 2.45) is 0 Å². The molecule has 0 atom stereocenters. The van der Waals surface area contributed by atoms with Crippen molar-refractivity contribution in [3.8, 4) is 0 Å². The molecule has 0 spiro atoms. The van der Waals surface area contributed by atoms with Crippen LogP contribution in [0.25, 0.3) is 5.52 Å². The molecule has 0 aliphatic heterocycles. The highest BCUT2D eigenvalue weighted by atomic mass is 16.5. The number of carbonyl (C=O) groups excluding carboxylic acids is 2. The first-order valence-corrected chi connectivity index (χ1v) is 7.20. The van der Waals surface area contributed by atoms with Crippen LogP contribution in [-0.2, 0) is 4.74 Å². The number of esters is 1. The lowest BCUT2D eigenvalue weighted by atomic mass is 10.1. The summed E-state index contributed by atoms with van der Waals surface area (Å²) in [6.07, 6.45) is 3.27. The number of hydrogen-bond donors (Lipinski definition) is 0. The maximum Gasteiger partial charge on any atom is 0.340 e. The summed E-state index contributed by atoms with van der Waals surface area (Å²) in [6, 6.07) is 16.0. The Morgan fingerprint density at radius 1 is 1.09 bits per heavy atom. The van der Waals surface area contributed by atoms with Crippen LogP contribution in [-0.4, -0.2) is 22.8 Å². The molecule has 0 amide bonds. The van der Waals surface area contributed by atoms with Crippen molar-refractivity contribution in [1.29, 1.82) is 0 Å². The van der Waals surface area contributed by atoms with Crippen molar-refractivity contribution >= 4 is 17.3 Å². The van der Waals surface area contributed by atoms with Gasteiger partial charge in [0.2, 0.25) is 5.78 Å². The molecule has 4 nitrogen and oxygen atoms in total. The fourth-order valence-corrected chi connectivity index (χ4v) is 2.44. The third-order valence-electron chi connectivity index (χ3n) is 3.50. The number of hydrogen-bond acceptors (Lipinski definition) is 3. The van der Waals surface area contributed by atoms with Gasteiger partial charge in [-0.3, -0.25) is 4.79 Å². The largest absolute Gasteiger partial charge is 0.458 e. The first kappa shape index (κ1) is 14.8. The average molecular weight is 305 g/mol. The molecule has 2 heterocycles. The Balaban J connectivity index is 2.10. The first-order chi connectivity index (χ1) is 11.2. The third-order valence-corrected chi connectivity index (χ3v) is 3.50. The summed E-state index contributed by atoms with van der Waals surface area (Å²) in [5.74, 6) is -0.615. The summed E-state index contributed by atoms with van der Waals surface area (Å²) in [4.78, 5) is 24.9. The minimum Gasteiger partial charge on any atom is -0.458 e. The van der Waals surface area contributed by atoms with Gasteiger partial charge in [0.15, 0.2) is 0 Å². The smallest absolute Gasteiger partial charge is 0.340 e. The number of nitrogens with zero attached hydrogens (tertiary/aromatic N) is 1. The fourth-order valence-electron chi connectivity index (χ4n) is 2.44. The van der Waals surface area contributed by atoms with E-state index in [-0.39, 0.29) is 12.4 Å². The lowest BCUT2D eigenvalue weighted by molar-refractivity contribution is 0.0552. The van der Waals surface area contributed by atoms with Crippen LogP contribution in [0.2, 0.25) is 0 Å². The van der Waals surface area contributed by atoms with Crippen LogP contribution in [0.5, 0.6) is 0 Å². The molecule has 0 N–H and O–H groups in total. The SMILES string of the molecule is C=CCOC(=O)c1cc(C(=O)c2ccccc2)n2ccccc12. The molecule has 0 saturated carbocycles. The second-order valence-corrected chi connectivity index (χ2v) is 4.98. The van der Waals surface area contributed by atoms with Gasteiger partial charge in [0, 0.05) is 11.8 Å². The van der Waals surface area contributed by atoms with Crippen molar-refractivity contribution in [1.82, 2.24) is 4.40 Å². The monoisotopic (exact) mass is 305 g/mol. The van der Waals surface area contributed by atoms with Gasteiger partial charge in [-0.1, -0.05) is 49.1 Å². The number of rotatable bonds is 5. The van der Waals surface area contributed by atoms with Gasteiger partial charge in [0.25, 0.3) is 0 Å². The maximum atomic E-state index is 12.7. The Morgan fingerprint density at radius 3 is 2.57 bits per heavy atom. The zero-order chi connectivity index (χ0) is 16.2. The summed E-state index contributed by atoms with van der Waals surface area (Å²) >= 11 is 0. The van der Waals surface area contributed by atoms with Crippen LogP contribution in [0.1, 0.15) is 26.4 Å². The lowest BCUT2D eigenvalue weighted by Crippen LogP contribution is -2.04. The van der Waals surface area contributed by atoms with E-state index in [1.54, 1.807) is 34.9 Å². The molecule has 0 aliphatic carbocycles. The van der Waals surface area contributed by atoms with E-state index in [9.17, 15) is 9.59 Å². The summed E-state index contributed by atoms with van der Waals surface area (Å²) in [7, 11) is 0. The van der Waals surface area contributed by atoms with Crippen LogP contribution in [0, 0.1) is 0 Å². The van der Waals surface area contributed by atoms with Gasteiger partial charge in [-0.25, -0.2) is 4.79 Å². The molecule has 2 aromatic heterocycles. The van der Waals surface area contributed by atoms with Crippen LogP contribution in [0.15, 0.2) is 73.4 Å². The summed E-state index contributed by atoms with van der Waals surface area (Å²) in [5.41, 5.74) is 2.01. The zero-order valence-corrected chi connectivity index (χ0v) is 12.4. The molecule has 23 heavy (non-hydrogen) atoms. The van der Waals surface area contributed by atoms with E-state index >= 15 is 0 Å². The van der Waals surface area contributed by atoms with E-state index < -0.39 is 5.97 Å². The van der Waals surface area contributed by atoms with E-state index in [4.69, 9.17) is 4.74 Å². The highest BCUT2D eigenvalue weighted by Crippen LogP contribution is 2.20. The molecule has 0 radical (unpaired) electrons. The number of ketones is 1. The lowest BCUT2D eigenvalue weighted by Gasteiger charge is -2.02. The van der Waals surface area contributed by atoms with Gasteiger partial charge in [-0.05, 0) is 18.2 Å². The number of ether oxygens (including phenoxy) is 1. The summed E-state index contributed by atoms with van der Waals surface area (Å²) < 4.78 is 6.81. The molecule has 0 unspecified atom stereocenters. The van der Waals surface area contributed by atoms with E-state index in [2.05, 4.69) is 6.58 Å². The van der Waals surface area contributed by atoms with E-state index in [1.807, 2.05) is 30.3 Å². The molecular weight excluding hydrogens is 290 g/mol. The number of carbonyl (C=O) groups is 2. The third kappa shape index (κ3) is 2.79. The second kappa shape index (κ2) is 6.32. The van der Waals surface area contributed by atoms with E-state index in [0.29, 0.717) is 22.3 Å². The van der Waals surface area contributed by atoms with Crippen LogP contribution in [0.3, 0.4) is 0 Å². The second-order valence-electron chi connectivity index (χ2n) is 4.98. The fraction of sp³-hybridized carbons (Fsp3) is 0.0526. The Kier molecular flexibility index (Phi) is 4.06. The zero-order valence-electron chi connectivity index (χ0n) is 12.4. The number of benzene rings is 1. The molecule has 3 rings (SSSR count). The quantitative estimate of drug-likeness (QED) is 0.412. The Hall–Kier alpha value is -3.14. The normalized spacial score (nSPS) is 10.4. The average Bonchev–Trinajstić information content (AvgIpc) is 2.99. The number of fused-ring (bicyclic) bond motifs is 1. The Labute approximate surface area is 133 Å². The van der Waals surface area contributed by atoms with Crippen molar-refractivity contribution in [3.63, 3.8) is 0 Å². The molecule has 0 saturated heterocycles. The van der Waals surface area contributed by atoms with Gasteiger partial charge in [0.05, 0.1) is 16.8 Å². The van der Waals surface area contributed by atoms with Crippen molar-refractivity contribution in [3.05, 3.63) is 90.3 Å². The molecule has 0 fully saturated rings. The number of pyridine rings is 1. The van der Waals surface area contributed by atoms with Gasteiger partial charge in [-0.15, -0.1) is 0 Å². The van der Waals surface area contributed by atoms with Crippen LogP contribution < -0.4 is 0 Å². The van der Waals surface area contributed by atoms with E-state index in [1.165, 1.54) is 6.08 Å². The highest BCUT2D eigenvalue weighted by Gasteiger charge is 2.20. The van der Waals surface area contributed by atoms with Gasteiger partial charge in [0.1, 0.15) is 6.61 Å². The standard InChI is InChI=1S/C19H15NO3/c1-2-12-23-19(22)15-13-17(20-11-7-6-10-16(15)20)18(21)14-8-4-3-5-9-14/h2-11,13H,1,12H2.